The van der Waals surface area contributed by atoms with Crippen molar-refractivity contribution in [3.8, 4) is 5.75 Å². The molecule has 3 nitrogen and oxygen atoms in total. The van der Waals surface area contributed by atoms with Crippen LogP contribution in [0.15, 0.2) is 78.9 Å². The first-order valence-corrected chi connectivity index (χ1v) is 8.79. The largest absolute Gasteiger partial charge is 0.496 e. The predicted octanol–water partition coefficient (Wildman–Crippen LogP) is 5.69. The van der Waals surface area contributed by atoms with Gasteiger partial charge >= 0.3 is 0 Å². The number of benzene rings is 3. The van der Waals surface area contributed by atoms with Gasteiger partial charge in [0.1, 0.15) is 5.75 Å². The lowest BCUT2D eigenvalue weighted by molar-refractivity contribution is 0.408. The van der Waals surface area contributed by atoms with Crippen molar-refractivity contribution >= 4 is 16.6 Å². The van der Waals surface area contributed by atoms with Gasteiger partial charge in [0.2, 0.25) is 0 Å². The molecule has 0 saturated carbocycles. The standard InChI is InChI=1S/C23H22N2O/c1-16-22(18-12-6-8-14-20(18)24-16)23(25-17-10-4-3-5-11-17)19-13-7-9-15-21(19)26-2/h3-15,23-25H,1-2H3/t23-/m0/s1. The van der Waals surface area contributed by atoms with Crippen molar-refractivity contribution in [2.75, 3.05) is 12.4 Å². The maximum Gasteiger partial charge on any atom is 0.124 e. The fraction of sp³-hybridized carbons (Fsp3) is 0.130. The number of aromatic amines is 1. The summed E-state index contributed by atoms with van der Waals surface area (Å²) in [7, 11) is 1.72. The molecule has 1 heterocycles. The monoisotopic (exact) mass is 342 g/mol. The summed E-state index contributed by atoms with van der Waals surface area (Å²) in [5, 5.41) is 4.93. The number of aromatic nitrogens is 1. The van der Waals surface area contributed by atoms with Gasteiger partial charge in [-0.05, 0) is 31.2 Å². The second-order valence-corrected chi connectivity index (χ2v) is 6.39. The number of nitrogens with one attached hydrogen (secondary N) is 2. The van der Waals surface area contributed by atoms with Crippen molar-refractivity contribution in [2.45, 2.75) is 13.0 Å². The van der Waals surface area contributed by atoms with Crippen LogP contribution in [-0.4, -0.2) is 12.1 Å². The second-order valence-electron chi connectivity index (χ2n) is 6.39. The summed E-state index contributed by atoms with van der Waals surface area (Å²) in [6.45, 7) is 2.13. The van der Waals surface area contributed by atoms with Crippen LogP contribution in [-0.2, 0) is 0 Å². The zero-order chi connectivity index (χ0) is 17.9. The molecule has 26 heavy (non-hydrogen) atoms. The summed E-state index contributed by atoms with van der Waals surface area (Å²) >= 11 is 0. The van der Waals surface area contributed by atoms with Crippen molar-refractivity contribution < 1.29 is 4.74 Å². The Balaban J connectivity index is 1.91. The van der Waals surface area contributed by atoms with Crippen molar-refractivity contribution in [3.05, 3.63) is 95.7 Å². The zero-order valence-electron chi connectivity index (χ0n) is 15.0. The Hall–Kier alpha value is -3.20. The van der Waals surface area contributed by atoms with Crippen molar-refractivity contribution in [2.24, 2.45) is 0 Å². The van der Waals surface area contributed by atoms with Gasteiger partial charge in [-0.15, -0.1) is 0 Å². The van der Waals surface area contributed by atoms with Gasteiger partial charge in [-0.1, -0.05) is 54.6 Å². The summed E-state index contributed by atoms with van der Waals surface area (Å²) in [6, 6.07) is 26.9. The van der Waals surface area contributed by atoms with Gasteiger partial charge in [-0.3, -0.25) is 0 Å². The van der Waals surface area contributed by atoms with Gasteiger partial charge in [0, 0.05) is 33.4 Å². The van der Waals surface area contributed by atoms with Crippen molar-refractivity contribution in [3.63, 3.8) is 0 Å². The number of rotatable bonds is 5. The summed E-state index contributed by atoms with van der Waals surface area (Å²) in [5.41, 5.74) is 5.74. The van der Waals surface area contributed by atoms with E-state index >= 15 is 0 Å². The lowest BCUT2D eigenvalue weighted by Crippen LogP contribution is -2.14. The molecule has 0 saturated heterocycles. The topological polar surface area (TPSA) is 37.0 Å². The molecule has 4 rings (SSSR count). The Morgan fingerprint density at radius 1 is 0.846 bits per heavy atom. The highest BCUT2D eigenvalue weighted by Gasteiger charge is 2.23. The van der Waals surface area contributed by atoms with E-state index in [0.717, 1.165) is 28.2 Å². The molecule has 1 atom stereocenters. The highest BCUT2D eigenvalue weighted by molar-refractivity contribution is 5.86. The molecule has 2 N–H and O–H groups in total. The number of anilines is 1. The molecule has 0 aliphatic carbocycles. The molecule has 3 heteroatoms. The van der Waals surface area contributed by atoms with E-state index in [9.17, 15) is 0 Å². The number of para-hydroxylation sites is 3. The first-order chi connectivity index (χ1) is 12.8. The number of methoxy groups -OCH3 is 1. The maximum absolute atomic E-state index is 5.66. The van der Waals surface area contributed by atoms with E-state index in [4.69, 9.17) is 4.74 Å². The van der Waals surface area contributed by atoms with Gasteiger partial charge in [0.15, 0.2) is 0 Å². The third kappa shape index (κ3) is 2.92. The highest BCUT2D eigenvalue weighted by atomic mass is 16.5. The van der Waals surface area contributed by atoms with Gasteiger partial charge in [0.25, 0.3) is 0 Å². The van der Waals surface area contributed by atoms with Crippen LogP contribution in [0.3, 0.4) is 0 Å². The lowest BCUT2D eigenvalue weighted by Gasteiger charge is -2.23. The van der Waals surface area contributed by atoms with Crippen LogP contribution in [0.5, 0.6) is 5.75 Å². The molecule has 0 amide bonds. The summed E-state index contributed by atoms with van der Waals surface area (Å²) in [4.78, 5) is 3.52. The molecular formula is C23H22N2O. The van der Waals surface area contributed by atoms with Crippen LogP contribution >= 0.6 is 0 Å². The zero-order valence-corrected chi connectivity index (χ0v) is 15.0. The Morgan fingerprint density at radius 3 is 2.35 bits per heavy atom. The molecule has 4 aromatic rings. The summed E-state index contributed by atoms with van der Waals surface area (Å²) < 4.78 is 5.66. The normalized spacial score (nSPS) is 12.1. The van der Waals surface area contributed by atoms with Crippen LogP contribution in [0.1, 0.15) is 22.9 Å². The average Bonchev–Trinajstić information content (AvgIpc) is 3.02. The SMILES string of the molecule is COc1ccccc1[C@H](Nc1ccccc1)c1c(C)[nH]c2ccccc12. The smallest absolute Gasteiger partial charge is 0.124 e. The van der Waals surface area contributed by atoms with E-state index in [2.05, 4.69) is 65.8 Å². The number of aryl methyl sites for hydroxylation is 1. The third-order valence-corrected chi connectivity index (χ3v) is 4.77. The van der Waals surface area contributed by atoms with Crippen LogP contribution in [0.4, 0.5) is 5.69 Å². The van der Waals surface area contributed by atoms with Gasteiger partial charge in [-0.2, -0.15) is 0 Å². The highest BCUT2D eigenvalue weighted by Crippen LogP contribution is 2.38. The first kappa shape index (κ1) is 16.3. The fourth-order valence-electron chi connectivity index (χ4n) is 3.58. The predicted molar refractivity (Wildman–Crippen MR) is 108 cm³/mol. The lowest BCUT2D eigenvalue weighted by atomic mass is 9.95. The average molecular weight is 342 g/mol. The Labute approximate surface area is 153 Å². The quantitative estimate of drug-likeness (QED) is 0.489. The summed E-state index contributed by atoms with van der Waals surface area (Å²) in [6.07, 6.45) is 0. The molecule has 0 fully saturated rings. The molecule has 0 aliphatic heterocycles. The minimum Gasteiger partial charge on any atom is -0.496 e. The van der Waals surface area contributed by atoms with Gasteiger partial charge in [-0.25, -0.2) is 0 Å². The number of hydrogen-bond donors (Lipinski definition) is 2. The molecular weight excluding hydrogens is 320 g/mol. The third-order valence-electron chi connectivity index (χ3n) is 4.77. The fourth-order valence-corrected chi connectivity index (χ4v) is 3.58. The molecule has 130 valence electrons. The van der Waals surface area contributed by atoms with E-state index < -0.39 is 0 Å². The van der Waals surface area contributed by atoms with Crippen LogP contribution < -0.4 is 10.1 Å². The molecule has 1 aromatic heterocycles. The number of hydrogen-bond acceptors (Lipinski definition) is 2. The van der Waals surface area contributed by atoms with Gasteiger partial charge in [0.05, 0.1) is 13.2 Å². The van der Waals surface area contributed by atoms with Crippen molar-refractivity contribution in [1.82, 2.24) is 4.98 Å². The van der Waals surface area contributed by atoms with E-state index in [-0.39, 0.29) is 6.04 Å². The van der Waals surface area contributed by atoms with E-state index in [0.29, 0.717) is 0 Å². The molecule has 0 spiro atoms. The van der Waals surface area contributed by atoms with E-state index in [1.165, 1.54) is 10.9 Å². The Kier molecular flexibility index (Phi) is 4.36. The van der Waals surface area contributed by atoms with Crippen molar-refractivity contribution in [1.29, 1.82) is 0 Å². The first-order valence-electron chi connectivity index (χ1n) is 8.79. The minimum absolute atomic E-state index is 0.0234. The second kappa shape index (κ2) is 6.96. The number of fused-ring (bicyclic) bond motifs is 1. The van der Waals surface area contributed by atoms with E-state index in [1.807, 2.05) is 30.3 Å². The van der Waals surface area contributed by atoms with Crippen LogP contribution in [0, 0.1) is 6.92 Å². The molecule has 0 bridgehead atoms. The van der Waals surface area contributed by atoms with Crippen LogP contribution in [0.25, 0.3) is 10.9 Å². The molecule has 0 radical (unpaired) electrons. The molecule has 0 aliphatic rings. The summed E-state index contributed by atoms with van der Waals surface area (Å²) in [5.74, 6) is 0.880. The number of ether oxygens (including phenoxy) is 1. The maximum atomic E-state index is 5.66. The minimum atomic E-state index is -0.0234. The molecule has 0 unspecified atom stereocenters. The Bertz CT molecular complexity index is 1020. The van der Waals surface area contributed by atoms with E-state index in [1.54, 1.807) is 7.11 Å². The van der Waals surface area contributed by atoms with Gasteiger partial charge < -0.3 is 15.0 Å². The molecule has 3 aromatic carbocycles. The van der Waals surface area contributed by atoms with Crippen LogP contribution in [0.2, 0.25) is 0 Å². The Morgan fingerprint density at radius 2 is 1.54 bits per heavy atom. The number of H-pyrrole nitrogens is 1.